The summed E-state index contributed by atoms with van der Waals surface area (Å²) >= 11 is 2.56. The number of hydrogen-bond donors (Lipinski definition) is 4. The van der Waals surface area contributed by atoms with Crippen LogP contribution in [0.15, 0.2) is 29.2 Å². The second kappa shape index (κ2) is 9.94. The van der Waals surface area contributed by atoms with E-state index >= 15 is 0 Å². The maximum absolute atomic E-state index is 12.3. The number of carboxylic acids is 2. The molecule has 1 aromatic heterocycles. The lowest BCUT2D eigenvalue weighted by Crippen LogP contribution is -2.32. The highest BCUT2D eigenvalue weighted by atomic mass is 32.2. The van der Waals surface area contributed by atoms with Gasteiger partial charge in [0.1, 0.15) is 11.1 Å². The standard InChI is InChI=1S/C20H20N2O7S2/c1-30-11-4-2-10(3-5-11)8-14(23)21-9-13-16-12(6-7-29-13)15(19(25)26)18(31-16)22-17(24)20(27)28/h2-5,13H,6-9H2,1H3,(H,21,23)(H,22,24)(H,25,26)(H,27,28). The Bertz CT molecular complexity index is 1020. The predicted octanol–water partition coefficient (Wildman–Crippen LogP) is 2.16. The van der Waals surface area contributed by atoms with E-state index in [1.54, 1.807) is 11.8 Å². The summed E-state index contributed by atoms with van der Waals surface area (Å²) < 4.78 is 5.71. The van der Waals surface area contributed by atoms with E-state index in [2.05, 4.69) is 10.6 Å². The quantitative estimate of drug-likeness (QED) is 0.361. The van der Waals surface area contributed by atoms with E-state index in [9.17, 15) is 24.3 Å². The Hall–Kier alpha value is -2.89. The number of amides is 2. The number of carboxylic acid groups (broad SMARTS) is 2. The van der Waals surface area contributed by atoms with Crippen LogP contribution in [0.25, 0.3) is 0 Å². The molecule has 0 saturated carbocycles. The summed E-state index contributed by atoms with van der Waals surface area (Å²) in [5.41, 5.74) is 1.21. The Labute approximate surface area is 185 Å². The molecule has 1 aliphatic rings. The summed E-state index contributed by atoms with van der Waals surface area (Å²) in [6, 6.07) is 7.65. The number of nitrogens with one attached hydrogen (secondary N) is 2. The molecule has 1 unspecified atom stereocenters. The zero-order valence-corrected chi connectivity index (χ0v) is 18.1. The van der Waals surface area contributed by atoms with Gasteiger partial charge in [-0.15, -0.1) is 23.1 Å². The molecule has 4 N–H and O–H groups in total. The van der Waals surface area contributed by atoms with Gasteiger partial charge in [0.2, 0.25) is 5.91 Å². The zero-order chi connectivity index (χ0) is 22.5. The largest absolute Gasteiger partial charge is 0.478 e. The molecule has 9 nitrogen and oxygen atoms in total. The molecule has 2 aromatic rings. The number of hydrogen-bond acceptors (Lipinski definition) is 7. The molecular weight excluding hydrogens is 444 g/mol. The number of benzene rings is 1. The molecule has 2 heterocycles. The first kappa shape index (κ1) is 22.8. The van der Waals surface area contributed by atoms with Crippen molar-refractivity contribution < 1.29 is 34.1 Å². The SMILES string of the molecule is CSc1ccc(CC(=O)NCC2OCCc3c2sc(NC(=O)C(=O)O)c3C(=O)O)cc1. The average molecular weight is 465 g/mol. The Morgan fingerprint density at radius 3 is 2.52 bits per heavy atom. The number of fused-ring (bicyclic) bond motifs is 1. The Morgan fingerprint density at radius 2 is 1.90 bits per heavy atom. The topological polar surface area (TPSA) is 142 Å². The van der Waals surface area contributed by atoms with Crippen molar-refractivity contribution >= 4 is 51.9 Å². The van der Waals surface area contributed by atoms with Crippen molar-refractivity contribution in [3.63, 3.8) is 0 Å². The number of carbonyl (C=O) groups excluding carboxylic acids is 2. The molecule has 11 heteroatoms. The molecule has 0 saturated heterocycles. The third kappa shape index (κ3) is 5.43. The van der Waals surface area contributed by atoms with Crippen LogP contribution in [0.5, 0.6) is 0 Å². The number of rotatable bonds is 7. The Balaban J connectivity index is 1.71. The van der Waals surface area contributed by atoms with Gasteiger partial charge < -0.3 is 25.6 Å². The van der Waals surface area contributed by atoms with E-state index in [1.807, 2.05) is 30.5 Å². The van der Waals surface area contributed by atoms with Gasteiger partial charge >= 0.3 is 17.8 Å². The summed E-state index contributed by atoms with van der Waals surface area (Å²) in [4.78, 5) is 48.1. The van der Waals surface area contributed by atoms with E-state index < -0.39 is 23.9 Å². The van der Waals surface area contributed by atoms with Crippen LogP contribution in [-0.4, -0.2) is 53.4 Å². The Morgan fingerprint density at radius 1 is 1.19 bits per heavy atom. The van der Waals surface area contributed by atoms with Gasteiger partial charge in [-0.1, -0.05) is 12.1 Å². The zero-order valence-electron chi connectivity index (χ0n) is 16.5. The van der Waals surface area contributed by atoms with E-state index in [0.717, 1.165) is 21.8 Å². The highest BCUT2D eigenvalue weighted by Crippen LogP contribution is 2.41. The first-order valence-corrected chi connectivity index (χ1v) is 11.3. The van der Waals surface area contributed by atoms with Crippen molar-refractivity contribution in [1.82, 2.24) is 5.32 Å². The van der Waals surface area contributed by atoms with Crippen molar-refractivity contribution in [2.75, 3.05) is 24.7 Å². The first-order chi connectivity index (χ1) is 14.8. The second-order valence-corrected chi connectivity index (χ2v) is 8.58. The number of aromatic carboxylic acids is 1. The third-order valence-corrected chi connectivity index (χ3v) is 6.63. The molecular formula is C20H20N2O7S2. The number of aliphatic carboxylic acids is 1. The van der Waals surface area contributed by atoms with Crippen LogP contribution in [0.2, 0.25) is 0 Å². The van der Waals surface area contributed by atoms with Crippen LogP contribution in [0, 0.1) is 0 Å². The fourth-order valence-electron chi connectivity index (χ4n) is 3.19. The number of ether oxygens (including phenoxy) is 1. The summed E-state index contributed by atoms with van der Waals surface area (Å²) in [5, 5.41) is 23.2. The molecule has 0 bridgehead atoms. The van der Waals surface area contributed by atoms with Crippen LogP contribution in [0.1, 0.15) is 32.5 Å². The van der Waals surface area contributed by atoms with Gasteiger partial charge in [0, 0.05) is 16.3 Å². The molecule has 0 spiro atoms. The minimum atomic E-state index is -1.71. The van der Waals surface area contributed by atoms with Gasteiger partial charge in [-0.2, -0.15) is 0 Å². The average Bonchev–Trinajstić information content (AvgIpc) is 3.11. The second-order valence-electron chi connectivity index (χ2n) is 6.65. The van der Waals surface area contributed by atoms with E-state index in [-0.39, 0.29) is 36.0 Å². The van der Waals surface area contributed by atoms with Gasteiger partial charge in [0.25, 0.3) is 0 Å². The molecule has 0 aliphatic carbocycles. The fourth-order valence-corrected chi connectivity index (χ4v) is 4.88. The molecule has 3 rings (SSSR count). The van der Waals surface area contributed by atoms with E-state index in [0.29, 0.717) is 16.9 Å². The first-order valence-electron chi connectivity index (χ1n) is 9.24. The molecule has 1 atom stereocenters. The van der Waals surface area contributed by atoms with Crippen LogP contribution in [-0.2, 0) is 32.0 Å². The smallest absolute Gasteiger partial charge is 0.394 e. The van der Waals surface area contributed by atoms with Gasteiger partial charge in [-0.05, 0) is 35.9 Å². The number of thiophene rings is 1. The monoisotopic (exact) mass is 464 g/mol. The van der Waals surface area contributed by atoms with Crippen molar-refractivity contribution in [1.29, 1.82) is 0 Å². The van der Waals surface area contributed by atoms with E-state index in [4.69, 9.17) is 9.84 Å². The summed E-state index contributed by atoms with van der Waals surface area (Å²) in [5.74, 6) is -4.51. The summed E-state index contributed by atoms with van der Waals surface area (Å²) in [6.07, 6.45) is 1.88. The van der Waals surface area contributed by atoms with Crippen LogP contribution >= 0.6 is 23.1 Å². The van der Waals surface area contributed by atoms with Crippen molar-refractivity contribution in [3.05, 3.63) is 45.8 Å². The minimum absolute atomic E-state index is 0.0550. The molecule has 1 aliphatic heterocycles. The third-order valence-electron chi connectivity index (χ3n) is 4.65. The molecule has 1 aromatic carbocycles. The lowest BCUT2D eigenvalue weighted by molar-refractivity contribution is -0.147. The van der Waals surface area contributed by atoms with Gasteiger partial charge in [-0.25, -0.2) is 9.59 Å². The highest BCUT2D eigenvalue weighted by Gasteiger charge is 2.32. The molecule has 0 radical (unpaired) electrons. The lowest BCUT2D eigenvalue weighted by Gasteiger charge is -2.23. The maximum Gasteiger partial charge on any atom is 0.394 e. The number of carbonyl (C=O) groups is 4. The molecule has 164 valence electrons. The maximum atomic E-state index is 12.3. The van der Waals surface area contributed by atoms with Crippen molar-refractivity contribution in [3.8, 4) is 0 Å². The Kier molecular flexibility index (Phi) is 7.31. The molecule has 31 heavy (non-hydrogen) atoms. The van der Waals surface area contributed by atoms with E-state index in [1.165, 1.54) is 0 Å². The normalized spacial score (nSPS) is 15.1. The summed E-state index contributed by atoms with van der Waals surface area (Å²) in [7, 11) is 0. The molecule has 2 amide bonds. The molecule has 0 fully saturated rings. The van der Waals surface area contributed by atoms with Crippen LogP contribution in [0.3, 0.4) is 0 Å². The van der Waals surface area contributed by atoms with Crippen LogP contribution < -0.4 is 10.6 Å². The van der Waals surface area contributed by atoms with Crippen molar-refractivity contribution in [2.24, 2.45) is 0 Å². The van der Waals surface area contributed by atoms with Crippen LogP contribution in [0.4, 0.5) is 5.00 Å². The van der Waals surface area contributed by atoms with Gasteiger partial charge in [0.15, 0.2) is 0 Å². The minimum Gasteiger partial charge on any atom is -0.478 e. The number of thioether (sulfide) groups is 1. The fraction of sp³-hybridized carbons (Fsp3) is 0.300. The van der Waals surface area contributed by atoms with Crippen molar-refractivity contribution in [2.45, 2.75) is 23.8 Å². The van der Waals surface area contributed by atoms with Gasteiger partial charge in [0.05, 0.1) is 18.6 Å². The highest BCUT2D eigenvalue weighted by molar-refractivity contribution is 7.98. The lowest BCUT2D eigenvalue weighted by atomic mass is 10.0. The van der Waals surface area contributed by atoms with Gasteiger partial charge in [-0.3, -0.25) is 9.59 Å². The summed E-state index contributed by atoms with van der Waals surface area (Å²) in [6.45, 7) is 0.369. The number of anilines is 1. The predicted molar refractivity (Wildman–Crippen MR) is 115 cm³/mol.